The molecule has 2 nitrogen and oxygen atoms in total. The summed E-state index contributed by atoms with van der Waals surface area (Å²) in [4.78, 5) is 10.0. The molecule has 0 unspecified atom stereocenters. The molecule has 0 aromatic rings. The number of carboxylic acids is 1. The number of carboxylic acid groups (broad SMARTS) is 1. The third-order valence-electron chi connectivity index (χ3n) is 1.49. The molecule has 0 fully saturated rings. The lowest BCUT2D eigenvalue weighted by atomic mass is 10.1. The fourth-order valence-corrected chi connectivity index (χ4v) is 0.880. The van der Waals surface area contributed by atoms with Crippen molar-refractivity contribution in [3.63, 3.8) is 0 Å². The molecule has 96 valence electrons. The van der Waals surface area contributed by atoms with Gasteiger partial charge < -0.3 is 5.11 Å². The number of aliphatic carboxylic acids is 1. The highest BCUT2D eigenvalue weighted by Gasteiger charge is 1.94. The zero-order valence-electron chi connectivity index (χ0n) is 10.8. The minimum Gasteiger partial charge on any atom is -0.481 e. The Balaban J connectivity index is -0.000000103. The molecular weight excluding hydrogens is 200 g/mol. The Labute approximate surface area is 101 Å². The molecule has 0 saturated carbocycles. The summed E-state index contributed by atoms with van der Waals surface area (Å²) in [5.41, 5.74) is 0. The largest absolute Gasteiger partial charge is 0.481 e. The number of carbonyl (C=O) groups is 1. The first-order chi connectivity index (χ1) is 7.77. The highest BCUT2D eigenvalue weighted by molar-refractivity contribution is 5.66. The minimum atomic E-state index is -0.670. The van der Waals surface area contributed by atoms with Gasteiger partial charge in [0.05, 0.1) is 0 Å². The molecule has 0 aromatic heterocycles. The molecule has 0 atom stereocenters. The molecule has 0 heterocycles. The molecule has 0 bridgehead atoms. The van der Waals surface area contributed by atoms with Crippen LogP contribution in [0.25, 0.3) is 0 Å². The molecule has 1 N–H and O–H groups in total. The molecule has 0 spiro atoms. The van der Waals surface area contributed by atoms with E-state index in [1.807, 2.05) is 0 Å². The van der Waals surface area contributed by atoms with Gasteiger partial charge in [-0.1, -0.05) is 32.6 Å². The summed E-state index contributed by atoms with van der Waals surface area (Å²) in [6, 6.07) is 0. The van der Waals surface area contributed by atoms with E-state index in [2.05, 4.69) is 46.4 Å². The minimum absolute atomic E-state index is 0.337. The second kappa shape index (κ2) is 37.3. The first-order valence-corrected chi connectivity index (χ1v) is 5.49. The average molecular weight is 228 g/mol. The van der Waals surface area contributed by atoms with Crippen molar-refractivity contribution in [2.24, 2.45) is 0 Å². The van der Waals surface area contributed by atoms with E-state index < -0.39 is 5.97 Å². The third-order valence-corrected chi connectivity index (χ3v) is 1.49. The van der Waals surface area contributed by atoms with Crippen LogP contribution in [0.4, 0.5) is 0 Å². The summed E-state index contributed by atoms with van der Waals surface area (Å²) in [5, 5.41) is 8.27. The Hall–Kier alpha value is -1.31. The van der Waals surface area contributed by atoms with Gasteiger partial charge in [0, 0.05) is 6.42 Å². The van der Waals surface area contributed by atoms with Crippen molar-refractivity contribution >= 4 is 5.97 Å². The summed E-state index contributed by atoms with van der Waals surface area (Å²) in [5.74, 6) is -0.670. The van der Waals surface area contributed by atoms with Crippen molar-refractivity contribution in [2.45, 2.75) is 45.4 Å². The second-order valence-corrected chi connectivity index (χ2v) is 2.56. The Kier molecular flexibility index (Phi) is 56.1. The zero-order chi connectivity index (χ0) is 13.8. The predicted molar refractivity (Wildman–Crippen MR) is 74.8 cm³/mol. The third kappa shape index (κ3) is 53.6. The van der Waals surface area contributed by atoms with Crippen molar-refractivity contribution in [3.05, 3.63) is 39.5 Å². The van der Waals surface area contributed by atoms with Crippen LogP contribution in [-0.2, 0) is 4.79 Å². The van der Waals surface area contributed by atoms with E-state index in [4.69, 9.17) is 5.11 Å². The van der Waals surface area contributed by atoms with Gasteiger partial charge in [-0.25, -0.2) is 0 Å². The number of hydrogen-bond donors (Lipinski definition) is 1. The zero-order valence-corrected chi connectivity index (χ0v) is 10.8. The smallest absolute Gasteiger partial charge is 0.303 e. The van der Waals surface area contributed by atoms with Crippen LogP contribution in [0.5, 0.6) is 0 Å². The van der Waals surface area contributed by atoms with Crippen molar-refractivity contribution in [1.29, 1.82) is 0 Å². The molecule has 2 heteroatoms. The first-order valence-electron chi connectivity index (χ1n) is 5.49. The molecule has 0 aromatic carbocycles. The van der Waals surface area contributed by atoms with Crippen LogP contribution in [0.2, 0.25) is 0 Å². The van der Waals surface area contributed by atoms with Gasteiger partial charge in [-0.3, -0.25) is 4.79 Å². The Bertz CT molecular complexity index is 117. The highest BCUT2D eigenvalue weighted by Crippen LogP contribution is 2.04. The Morgan fingerprint density at radius 3 is 1.56 bits per heavy atom. The number of unbranched alkanes of at least 4 members (excludes halogenated alkanes) is 4. The van der Waals surface area contributed by atoms with E-state index in [0.717, 1.165) is 12.8 Å². The molecular formula is C14H28O2. The highest BCUT2D eigenvalue weighted by atomic mass is 16.4. The van der Waals surface area contributed by atoms with E-state index >= 15 is 0 Å². The summed E-state index contributed by atoms with van der Waals surface area (Å²) >= 11 is 0. The van der Waals surface area contributed by atoms with Gasteiger partial charge in [0.15, 0.2) is 0 Å². The standard InChI is InChI=1S/C8H16O2.3C2H4/c1-2-3-4-5-6-7-8(9)10;3*1-2/h2-7H2,1H3,(H,9,10);3*1-2H2. The van der Waals surface area contributed by atoms with Crippen LogP contribution in [0.3, 0.4) is 0 Å². The maximum Gasteiger partial charge on any atom is 0.303 e. The summed E-state index contributed by atoms with van der Waals surface area (Å²) in [6.45, 7) is 20.1. The summed E-state index contributed by atoms with van der Waals surface area (Å²) < 4.78 is 0. The lowest BCUT2D eigenvalue weighted by Gasteiger charge is -1.95. The maximum absolute atomic E-state index is 10.0. The fourth-order valence-electron chi connectivity index (χ4n) is 0.880. The number of rotatable bonds is 6. The predicted octanol–water partition coefficient (Wildman–Crippen LogP) is 4.84. The van der Waals surface area contributed by atoms with E-state index in [-0.39, 0.29) is 0 Å². The molecule has 0 rings (SSSR count). The van der Waals surface area contributed by atoms with E-state index in [9.17, 15) is 4.79 Å². The van der Waals surface area contributed by atoms with E-state index in [1.165, 1.54) is 19.3 Å². The van der Waals surface area contributed by atoms with Crippen LogP contribution in [0.15, 0.2) is 39.5 Å². The molecule has 16 heavy (non-hydrogen) atoms. The molecule has 0 aliphatic heterocycles. The Morgan fingerprint density at radius 2 is 1.25 bits per heavy atom. The van der Waals surface area contributed by atoms with Gasteiger partial charge in [-0.05, 0) is 6.42 Å². The lowest BCUT2D eigenvalue weighted by Crippen LogP contribution is -1.93. The van der Waals surface area contributed by atoms with Crippen molar-refractivity contribution in [2.75, 3.05) is 0 Å². The summed E-state index contributed by atoms with van der Waals surface area (Å²) in [7, 11) is 0. The topological polar surface area (TPSA) is 37.3 Å². The van der Waals surface area contributed by atoms with Crippen LogP contribution in [0, 0.1) is 0 Å². The molecule has 0 radical (unpaired) electrons. The van der Waals surface area contributed by atoms with Gasteiger partial charge in [0.2, 0.25) is 0 Å². The van der Waals surface area contributed by atoms with Crippen LogP contribution in [-0.4, -0.2) is 11.1 Å². The van der Waals surface area contributed by atoms with Crippen LogP contribution in [0.1, 0.15) is 45.4 Å². The van der Waals surface area contributed by atoms with Gasteiger partial charge in [-0.2, -0.15) is 0 Å². The first kappa shape index (κ1) is 24.1. The fraction of sp³-hybridized carbons (Fsp3) is 0.500. The van der Waals surface area contributed by atoms with E-state index in [0.29, 0.717) is 6.42 Å². The number of hydrogen-bond acceptors (Lipinski definition) is 1. The van der Waals surface area contributed by atoms with Crippen LogP contribution >= 0.6 is 0 Å². The van der Waals surface area contributed by atoms with Gasteiger partial charge in [0.25, 0.3) is 0 Å². The maximum atomic E-state index is 10.0. The second-order valence-electron chi connectivity index (χ2n) is 2.56. The molecule has 0 aliphatic carbocycles. The molecule has 0 aliphatic rings. The Morgan fingerprint density at radius 1 is 0.875 bits per heavy atom. The molecule has 0 saturated heterocycles. The SMILES string of the molecule is C=C.C=C.C=C.CCCCCCCC(=O)O. The monoisotopic (exact) mass is 228 g/mol. The van der Waals surface area contributed by atoms with E-state index in [1.54, 1.807) is 0 Å². The lowest BCUT2D eigenvalue weighted by molar-refractivity contribution is -0.137. The molecule has 0 amide bonds. The van der Waals surface area contributed by atoms with Crippen LogP contribution < -0.4 is 0 Å². The van der Waals surface area contributed by atoms with Gasteiger partial charge in [0.1, 0.15) is 0 Å². The normalized spacial score (nSPS) is 6.81. The van der Waals surface area contributed by atoms with Crippen molar-refractivity contribution in [1.82, 2.24) is 0 Å². The quantitative estimate of drug-likeness (QED) is 0.522. The van der Waals surface area contributed by atoms with Crippen molar-refractivity contribution < 1.29 is 9.90 Å². The van der Waals surface area contributed by atoms with Gasteiger partial charge in [-0.15, -0.1) is 39.5 Å². The summed E-state index contributed by atoms with van der Waals surface area (Å²) in [6.07, 6.45) is 5.88. The van der Waals surface area contributed by atoms with Crippen molar-refractivity contribution in [3.8, 4) is 0 Å². The average Bonchev–Trinajstić information content (AvgIpc) is 2.36. The van der Waals surface area contributed by atoms with Gasteiger partial charge >= 0.3 is 5.97 Å².